The van der Waals surface area contributed by atoms with Crippen molar-refractivity contribution in [1.82, 2.24) is 5.32 Å². The van der Waals surface area contributed by atoms with Gasteiger partial charge in [-0.15, -0.1) is 11.3 Å². The van der Waals surface area contributed by atoms with Gasteiger partial charge in [-0.2, -0.15) is 0 Å². The summed E-state index contributed by atoms with van der Waals surface area (Å²) in [5.41, 5.74) is 7.88. The van der Waals surface area contributed by atoms with Gasteiger partial charge >= 0.3 is 0 Å². The van der Waals surface area contributed by atoms with Gasteiger partial charge in [-0.05, 0) is 25.3 Å². The molecule has 1 amide bonds. The molecular formula is C15H16N2OS. The monoisotopic (exact) mass is 272 g/mol. The zero-order valence-electron chi connectivity index (χ0n) is 10.8. The first kappa shape index (κ1) is 12.2. The normalized spacial score (nSPS) is 15.2. The molecule has 2 aromatic rings. The van der Waals surface area contributed by atoms with Gasteiger partial charge < -0.3 is 11.1 Å². The van der Waals surface area contributed by atoms with Crippen molar-refractivity contribution in [3.8, 4) is 0 Å². The highest BCUT2D eigenvalue weighted by Gasteiger charge is 2.20. The Morgan fingerprint density at radius 1 is 1.37 bits per heavy atom. The maximum Gasteiger partial charge on any atom is 0.263 e. The Balaban J connectivity index is 1.94. The molecule has 0 saturated carbocycles. The molecule has 0 atom stereocenters. The maximum atomic E-state index is 12.3. The number of aryl methyl sites for hydroxylation is 1. The van der Waals surface area contributed by atoms with Gasteiger partial charge in [0.05, 0.1) is 5.69 Å². The average molecular weight is 272 g/mol. The van der Waals surface area contributed by atoms with Gasteiger partial charge in [0.15, 0.2) is 0 Å². The Kier molecular flexibility index (Phi) is 3.03. The van der Waals surface area contributed by atoms with Crippen LogP contribution in [0.25, 0.3) is 10.1 Å². The summed E-state index contributed by atoms with van der Waals surface area (Å²) in [6, 6.07) is 6.21. The summed E-state index contributed by atoms with van der Waals surface area (Å²) in [6.45, 7) is 2.04. The van der Waals surface area contributed by atoms with Crippen LogP contribution in [0.2, 0.25) is 0 Å². The van der Waals surface area contributed by atoms with Crippen LogP contribution < -0.4 is 11.1 Å². The summed E-state index contributed by atoms with van der Waals surface area (Å²) >= 11 is 1.48. The minimum absolute atomic E-state index is 0.0493. The van der Waals surface area contributed by atoms with Gasteiger partial charge in [-0.1, -0.05) is 30.4 Å². The number of carbonyl (C=O) groups excluding carboxylic acids is 1. The van der Waals surface area contributed by atoms with Crippen molar-refractivity contribution >= 4 is 33.0 Å². The number of benzene rings is 1. The van der Waals surface area contributed by atoms with Crippen molar-refractivity contribution in [2.45, 2.75) is 25.8 Å². The fourth-order valence-electron chi connectivity index (χ4n) is 2.43. The molecule has 3 nitrogen and oxygen atoms in total. The second-order valence-electron chi connectivity index (χ2n) is 4.91. The molecule has 0 fully saturated rings. The fraction of sp³-hybridized carbons (Fsp3) is 0.267. The molecular weight excluding hydrogens is 256 g/mol. The maximum absolute atomic E-state index is 12.3. The molecule has 1 aromatic carbocycles. The lowest BCUT2D eigenvalue weighted by atomic mass is 10.1. The molecule has 1 aliphatic carbocycles. The number of carbonyl (C=O) groups is 1. The van der Waals surface area contributed by atoms with E-state index in [-0.39, 0.29) is 11.9 Å². The highest BCUT2D eigenvalue weighted by molar-refractivity contribution is 7.21. The first-order valence-electron chi connectivity index (χ1n) is 6.40. The average Bonchev–Trinajstić information content (AvgIpc) is 2.99. The van der Waals surface area contributed by atoms with Crippen LogP contribution in [0, 0.1) is 6.92 Å². The highest BCUT2D eigenvalue weighted by Crippen LogP contribution is 2.35. The summed E-state index contributed by atoms with van der Waals surface area (Å²) in [4.78, 5) is 12.9. The van der Waals surface area contributed by atoms with E-state index in [0.717, 1.165) is 28.5 Å². The number of amides is 1. The van der Waals surface area contributed by atoms with Crippen molar-refractivity contribution in [2.75, 3.05) is 5.73 Å². The van der Waals surface area contributed by atoms with Crippen LogP contribution in [-0.4, -0.2) is 11.9 Å². The van der Waals surface area contributed by atoms with E-state index >= 15 is 0 Å². The topological polar surface area (TPSA) is 55.1 Å². The Labute approximate surface area is 116 Å². The number of anilines is 1. The standard InChI is InChI=1S/C15H16N2OS/c1-9-5-4-8-11-12(16)14(19-13(9)11)15(18)17-10-6-2-3-7-10/h2-5,8,10H,6-7,16H2,1H3,(H,17,18). The third kappa shape index (κ3) is 2.12. The second kappa shape index (κ2) is 4.70. The van der Waals surface area contributed by atoms with Gasteiger partial charge in [-0.25, -0.2) is 0 Å². The molecule has 1 aliphatic rings. The fourth-order valence-corrected chi connectivity index (χ4v) is 3.53. The minimum Gasteiger partial charge on any atom is -0.397 e. The zero-order chi connectivity index (χ0) is 13.4. The first-order valence-corrected chi connectivity index (χ1v) is 7.22. The molecule has 0 radical (unpaired) electrons. The number of nitrogen functional groups attached to an aromatic ring is 1. The first-order chi connectivity index (χ1) is 9.16. The van der Waals surface area contributed by atoms with E-state index in [1.807, 2.05) is 25.1 Å². The summed E-state index contributed by atoms with van der Waals surface area (Å²) in [6.07, 6.45) is 6.03. The summed E-state index contributed by atoms with van der Waals surface area (Å²) in [5, 5.41) is 4.03. The van der Waals surface area contributed by atoms with Crippen molar-refractivity contribution < 1.29 is 4.79 Å². The number of hydrogen-bond acceptors (Lipinski definition) is 3. The third-order valence-electron chi connectivity index (χ3n) is 3.50. The van der Waals surface area contributed by atoms with Crippen LogP contribution in [0.15, 0.2) is 30.4 Å². The van der Waals surface area contributed by atoms with E-state index in [0.29, 0.717) is 10.6 Å². The number of rotatable bonds is 2. The third-order valence-corrected chi connectivity index (χ3v) is 4.86. The molecule has 0 unspecified atom stereocenters. The van der Waals surface area contributed by atoms with Crippen molar-refractivity contribution in [3.63, 3.8) is 0 Å². The minimum atomic E-state index is -0.0493. The van der Waals surface area contributed by atoms with E-state index < -0.39 is 0 Å². The van der Waals surface area contributed by atoms with Crippen molar-refractivity contribution in [2.24, 2.45) is 0 Å². The van der Waals surface area contributed by atoms with Crippen LogP contribution in [0.3, 0.4) is 0 Å². The zero-order valence-corrected chi connectivity index (χ0v) is 11.6. The van der Waals surface area contributed by atoms with Gasteiger partial charge in [0.25, 0.3) is 5.91 Å². The molecule has 98 valence electrons. The van der Waals surface area contributed by atoms with Gasteiger partial charge in [0.2, 0.25) is 0 Å². The van der Waals surface area contributed by atoms with Gasteiger partial charge in [-0.3, -0.25) is 4.79 Å². The Hall–Kier alpha value is -1.81. The molecule has 0 saturated heterocycles. The molecule has 3 N–H and O–H groups in total. The summed E-state index contributed by atoms with van der Waals surface area (Å²) < 4.78 is 1.11. The highest BCUT2D eigenvalue weighted by atomic mass is 32.1. The molecule has 1 heterocycles. The van der Waals surface area contributed by atoms with E-state index in [1.165, 1.54) is 11.3 Å². The Morgan fingerprint density at radius 3 is 2.79 bits per heavy atom. The number of nitrogens with one attached hydrogen (secondary N) is 1. The molecule has 1 aromatic heterocycles. The van der Waals surface area contributed by atoms with Crippen LogP contribution >= 0.6 is 11.3 Å². The Morgan fingerprint density at radius 2 is 2.11 bits per heavy atom. The predicted molar refractivity (Wildman–Crippen MR) is 80.6 cm³/mol. The van der Waals surface area contributed by atoms with Crippen molar-refractivity contribution in [1.29, 1.82) is 0 Å². The number of fused-ring (bicyclic) bond motifs is 1. The van der Waals surface area contributed by atoms with Crippen molar-refractivity contribution in [3.05, 3.63) is 40.8 Å². The molecule has 19 heavy (non-hydrogen) atoms. The molecule has 4 heteroatoms. The van der Waals surface area contributed by atoms with E-state index in [2.05, 4.69) is 17.5 Å². The number of thiophene rings is 1. The van der Waals surface area contributed by atoms with Gasteiger partial charge in [0.1, 0.15) is 4.88 Å². The Bertz CT molecular complexity index is 664. The van der Waals surface area contributed by atoms with Crippen LogP contribution in [0.1, 0.15) is 28.1 Å². The lowest BCUT2D eigenvalue weighted by Crippen LogP contribution is -2.32. The van der Waals surface area contributed by atoms with Crippen LogP contribution in [0.5, 0.6) is 0 Å². The summed E-state index contributed by atoms with van der Waals surface area (Å²) in [7, 11) is 0. The summed E-state index contributed by atoms with van der Waals surface area (Å²) in [5.74, 6) is -0.0493. The lowest BCUT2D eigenvalue weighted by Gasteiger charge is -2.11. The van der Waals surface area contributed by atoms with Crippen LogP contribution in [-0.2, 0) is 0 Å². The molecule has 0 bridgehead atoms. The van der Waals surface area contributed by atoms with Gasteiger partial charge in [0, 0.05) is 16.1 Å². The quantitative estimate of drug-likeness (QED) is 0.825. The largest absolute Gasteiger partial charge is 0.397 e. The second-order valence-corrected chi connectivity index (χ2v) is 5.93. The number of nitrogens with two attached hydrogens (primary N) is 1. The smallest absolute Gasteiger partial charge is 0.263 e. The van der Waals surface area contributed by atoms with E-state index in [9.17, 15) is 4.79 Å². The molecule has 3 rings (SSSR count). The predicted octanol–water partition coefficient (Wildman–Crippen LogP) is 3.24. The molecule has 0 aliphatic heterocycles. The lowest BCUT2D eigenvalue weighted by molar-refractivity contribution is 0.0944. The number of hydrogen-bond donors (Lipinski definition) is 2. The SMILES string of the molecule is Cc1cccc2c(N)c(C(=O)NC3CC=CC3)sc12. The van der Waals surface area contributed by atoms with E-state index in [1.54, 1.807) is 0 Å². The van der Waals surface area contributed by atoms with E-state index in [4.69, 9.17) is 5.73 Å². The van der Waals surface area contributed by atoms with Crippen LogP contribution in [0.4, 0.5) is 5.69 Å². The molecule has 0 spiro atoms.